The van der Waals surface area contributed by atoms with E-state index in [2.05, 4.69) is 20.5 Å². The van der Waals surface area contributed by atoms with Gasteiger partial charge in [0.15, 0.2) is 0 Å². The zero-order valence-electron chi connectivity index (χ0n) is 9.15. The summed E-state index contributed by atoms with van der Waals surface area (Å²) in [6, 6.07) is -0.0207. The van der Waals surface area contributed by atoms with E-state index in [9.17, 15) is 4.79 Å². The molecular weight excluding hydrogens is 196 g/mol. The summed E-state index contributed by atoms with van der Waals surface area (Å²) in [5, 5.41) is 8.94. The minimum Gasteiger partial charge on any atom is -0.383 e. The van der Waals surface area contributed by atoms with Gasteiger partial charge >= 0.3 is 0 Å². The molecule has 0 saturated heterocycles. The molecule has 0 aromatic carbocycles. The number of carbonyl (C=O) groups is 1. The van der Waals surface area contributed by atoms with E-state index in [1.54, 1.807) is 7.11 Å². The van der Waals surface area contributed by atoms with Gasteiger partial charge in [0.2, 0.25) is 5.82 Å². The van der Waals surface area contributed by atoms with Crippen LogP contribution in [0, 0.1) is 5.92 Å². The monoisotopic (exact) mass is 212 g/mol. The molecule has 2 N–H and O–H groups in total. The average Bonchev–Trinajstić information content (AvgIpc) is 2.69. The van der Waals surface area contributed by atoms with Gasteiger partial charge in [0.05, 0.1) is 12.6 Å². The largest absolute Gasteiger partial charge is 0.383 e. The van der Waals surface area contributed by atoms with Crippen LogP contribution in [0.4, 0.5) is 0 Å². The standard InChI is InChI=1S/C9H16N4O2/c1-6(2)7(4-15-3)12-9(14)8-10-5-11-13-8/h5-7H,4H2,1-3H3,(H,12,14)(H,10,11,13). The van der Waals surface area contributed by atoms with E-state index >= 15 is 0 Å². The van der Waals surface area contributed by atoms with Gasteiger partial charge in [-0.2, -0.15) is 5.10 Å². The molecule has 0 fully saturated rings. The SMILES string of the molecule is COCC(NC(=O)c1ncn[nH]1)C(C)C. The van der Waals surface area contributed by atoms with E-state index in [0.29, 0.717) is 12.5 Å². The van der Waals surface area contributed by atoms with Crippen LogP contribution in [0.5, 0.6) is 0 Å². The van der Waals surface area contributed by atoms with E-state index in [1.165, 1.54) is 6.33 Å². The van der Waals surface area contributed by atoms with Crippen molar-refractivity contribution in [1.29, 1.82) is 0 Å². The maximum absolute atomic E-state index is 11.6. The lowest BCUT2D eigenvalue weighted by molar-refractivity contribution is 0.0857. The lowest BCUT2D eigenvalue weighted by atomic mass is 10.1. The molecule has 6 heteroatoms. The van der Waals surface area contributed by atoms with Crippen molar-refractivity contribution in [3.05, 3.63) is 12.2 Å². The minimum atomic E-state index is -0.261. The van der Waals surface area contributed by atoms with Gasteiger partial charge in [-0.25, -0.2) is 4.98 Å². The fourth-order valence-electron chi connectivity index (χ4n) is 1.13. The van der Waals surface area contributed by atoms with Crippen molar-refractivity contribution in [3.63, 3.8) is 0 Å². The Bertz CT molecular complexity index is 297. The molecule has 0 saturated carbocycles. The molecule has 1 aromatic rings. The number of carbonyl (C=O) groups excluding carboxylic acids is 1. The highest BCUT2D eigenvalue weighted by Gasteiger charge is 2.18. The van der Waals surface area contributed by atoms with E-state index in [1.807, 2.05) is 13.8 Å². The molecular formula is C9H16N4O2. The number of H-pyrrole nitrogens is 1. The number of nitrogens with one attached hydrogen (secondary N) is 2. The number of hydrogen-bond acceptors (Lipinski definition) is 4. The molecule has 0 bridgehead atoms. The predicted molar refractivity (Wildman–Crippen MR) is 54.4 cm³/mol. The molecule has 0 aliphatic heterocycles. The first kappa shape index (κ1) is 11.6. The van der Waals surface area contributed by atoms with E-state index < -0.39 is 0 Å². The molecule has 84 valence electrons. The second-order valence-corrected chi connectivity index (χ2v) is 3.61. The van der Waals surface area contributed by atoms with E-state index in [0.717, 1.165) is 0 Å². The van der Waals surface area contributed by atoms with Crippen molar-refractivity contribution < 1.29 is 9.53 Å². The molecule has 0 radical (unpaired) electrons. The van der Waals surface area contributed by atoms with Gasteiger partial charge in [0, 0.05) is 7.11 Å². The van der Waals surface area contributed by atoms with Crippen LogP contribution in [-0.2, 0) is 4.74 Å². The fraction of sp³-hybridized carbons (Fsp3) is 0.667. The van der Waals surface area contributed by atoms with Crippen LogP contribution in [-0.4, -0.2) is 40.8 Å². The van der Waals surface area contributed by atoms with Crippen LogP contribution < -0.4 is 5.32 Å². The van der Waals surface area contributed by atoms with Gasteiger partial charge in [-0.15, -0.1) is 0 Å². The van der Waals surface area contributed by atoms with Gasteiger partial charge in [0.1, 0.15) is 6.33 Å². The van der Waals surface area contributed by atoms with Crippen LogP contribution in [0.15, 0.2) is 6.33 Å². The van der Waals surface area contributed by atoms with Crippen LogP contribution >= 0.6 is 0 Å². The number of methoxy groups -OCH3 is 1. The third kappa shape index (κ3) is 3.32. The highest BCUT2D eigenvalue weighted by molar-refractivity contribution is 5.90. The second-order valence-electron chi connectivity index (χ2n) is 3.61. The second kappa shape index (κ2) is 5.45. The topological polar surface area (TPSA) is 79.9 Å². The lowest BCUT2D eigenvalue weighted by Crippen LogP contribution is -2.42. The minimum absolute atomic E-state index is 0.0207. The zero-order valence-corrected chi connectivity index (χ0v) is 9.15. The number of nitrogens with zero attached hydrogens (tertiary/aromatic N) is 2. The number of rotatable bonds is 5. The quantitative estimate of drug-likeness (QED) is 0.731. The Morgan fingerprint density at radius 3 is 2.87 bits per heavy atom. The number of ether oxygens (including phenoxy) is 1. The van der Waals surface area contributed by atoms with E-state index in [4.69, 9.17) is 4.74 Å². The van der Waals surface area contributed by atoms with Crippen molar-refractivity contribution in [2.45, 2.75) is 19.9 Å². The van der Waals surface area contributed by atoms with Crippen LogP contribution in [0.25, 0.3) is 0 Å². The van der Waals surface area contributed by atoms with Gasteiger partial charge in [0.25, 0.3) is 5.91 Å². The highest BCUT2D eigenvalue weighted by atomic mass is 16.5. The van der Waals surface area contributed by atoms with Gasteiger partial charge in [-0.3, -0.25) is 9.89 Å². The van der Waals surface area contributed by atoms with Crippen LogP contribution in [0.1, 0.15) is 24.5 Å². The molecule has 0 spiro atoms. The Balaban J connectivity index is 2.55. The average molecular weight is 212 g/mol. The summed E-state index contributed by atoms with van der Waals surface area (Å²) in [5.41, 5.74) is 0. The first-order valence-electron chi connectivity index (χ1n) is 4.80. The molecule has 1 rings (SSSR count). The van der Waals surface area contributed by atoms with Crippen molar-refractivity contribution in [2.75, 3.05) is 13.7 Å². The number of amides is 1. The lowest BCUT2D eigenvalue weighted by Gasteiger charge is -2.20. The number of aromatic nitrogens is 3. The molecule has 1 amide bonds. The van der Waals surface area contributed by atoms with Gasteiger partial charge < -0.3 is 10.1 Å². The molecule has 1 aromatic heterocycles. The Kier molecular flexibility index (Phi) is 4.23. The molecule has 1 atom stereocenters. The Hall–Kier alpha value is -1.43. The summed E-state index contributed by atoms with van der Waals surface area (Å²) in [6.07, 6.45) is 1.30. The van der Waals surface area contributed by atoms with Crippen molar-refractivity contribution in [1.82, 2.24) is 20.5 Å². The smallest absolute Gasteiger partial charge is 0.288 e. The third-order valence-corrected chi connectivity index (χ3v) is 2.10. The van der Waals surface area contributed by atoms with Crippen molar-refractivity contribution in [2.24, 2.45) is 5.92 Å². The summed E-state index contributed by atoms with van der Waals surface area (Å²) in [6.45, 7) is 4.52. The Morgan fingerprint density at radius 1 is 1.67 bits per heavy atom. The molecule has 0 aliphatic carbocycles. The highest BCUT2D eigenvalue weighted by Crippen LogP contribution is 2.02. The molecule has 1 heterocycles. The molecule has 15 heavy (non-hydrogen) atoms. The first-order chi connectivity index (χ1) is 7.15. The van der Waals surface area contributed by atoms with E-state index in [-0.39, 0.29) is 17.8 Å². The van der Waals surface area contributed by atoms with Crippen LogP contribution in [0.3, 0.4) is 0 Å². The first-order valence-corrected chi connectivity index (χ1v) is 4.80. The summed E-state index contributed by atoms with van der Waals surface area (Å²) in [5.74, 6) is 0.261. The Labute approximate surface area is 88.4 Å². The summed E-state index contributed by atoms with van der Waals surface area (Å²) < 4.78 is 5.02. The number of aromatic amines is 1. The van der Waals surface area contributed by atoms with Gasteiger partial charge in [-0.1, -0.05) is 13.8 Å². The summed E-state index contributed by atoms with van der Waals surface area (Å²) in [7, 11) is 1.61. The Morgan fingerprint density at radius 2 is 2.40 bits per heavy atom. The molecule has 0 aliphatic rings. The maximum Gasteiger partial charge on any atom is 0.288 e. The van der Waals surface area contributed by atoms with Crippen molar-refractivity contribution >= 4 is 5.91 Å². The number of hydrogen-bond donors (Lipinski definition) is 2. The normalized spacial score (nSPS) is 12.8. The van der Waals surface area contributed by atoms with Crippen molar-refractivity contribution in [3.8, 4) is 0 Å². The maximum atomic E-state index is 11.6. The zero-order chi connectivity index (χ0) is 11.3. The van der Waals surface area contributed by atoms with Gasteiger partial charge in [-0.05, 0) is 5.92 Å². The van der Waals surface area contributed by atoms with Crippen LogP contribution in [0.2, 0.25) is 0 Å². The predicted octanol–water partition coefficient (Wildman–Crippen LogP) is 0.205. The fourth-order valence-corrected chi connectivity index (χ4v) is 1.13. The summed E-state index contributed by atoms with van der Waals surface area (Å²) in [4.78, 5) is 15.4. The molecule has 6 nitrogen and oxygen atoms in total. The third-order valence-electron chi connectivity index (χ3n) is 2.10. The summed E-state index contributed by atoms with van der Waals surface area (Å²) >= 11 is 0. The molecule has 1 unspecified atom stereocenters.